The van der Waals surface area contributed by atoms with E-state index in [9.17, 15) is 0 Å². The number of rotatable bonds is 1. The van der Waals surface area contributed by atoms with Gasteiger partial charge in [-0.05, 0) is 55.4 Å². The van der Waals surface area contributed by atoms with Crippen molar-refractivity contribution in [2.75, 3.05) is 23.7 Å². The van der Waals surface area contributed by atoms with Crippen LogP contribution in [0.1, 0.15) is 37.7 Å². The largest absolute Gasteiger partial charge is 0.399 e. The van der Waals surface area contributed by atoms with Crippen molar-refractivity contribution in [2.45, 2.75) is 39.0 Å². The molecule has 2 fully saturated rings. The fourth-order valence-corrected chi connectivity index (χ4v) is 3.81. The van der Waals surface area contributed by atoms with Crippen molar-refractivity contribution in [1.82, 2.24) is 0 Å². The highest BCUT2D eigenvalue weighted by Gasteiger charge is 2.31. The van der Waals surface area contributed by atoms with Gasteiger partial charge in [0.25, 0.3) is 0 Å². The Balaban J connectivity index is 1.76. The standard InChI is InChI=1S/C16H24N2/c1-12-8-15(17)10-16(9-12)18-7-6-13-4-2-3-5-14(13)11-18/h8-10,13-14H,2-7,11,17H2,1H3. The molecule has 2 N–H and O–H groups in total. The van der Waals surface area contributed by atoms with Gasteiger partial charge in [-0.3, -0.25) is 0 Å². The molecule has 1 aromatic carbocycles. The Bertz CT molecular complexity index is 407. The van der Waals surface area contributed by atoms with Gasteiger partial charge in [0.15, 0.2) is 0 Å². The highest BCUT2D eigenvalue weighted by molar-refractivity contribution is 5.58. The van der Waals surface area contributed by atoms with E-state index in [2.05, 4.69) is 30.0 Å². The average molecular weight is 244 g/mol. The van der Waals surface area contributed by atoms with Crippen LogP contribution in [-0.2, 0) is 0 Å². The smallest absolute Gasteiger partial charge is 0.0389 e. The number of nitrogen functional groups attached to an aromatic ring is 1. The molecule has 0 radical (unpaired) electrons. The summed E-state index contributed by atoms with van der Waals surface area (Å²) in [5, 5.41) is 0. The Hall–Kier alpha value is -1.18. The van der Waals surface area contributed by atoms with Crippen LogP contribution in [0.3, 0.4) is 0 Å². The van der Waals surface area contributed by atoms with Gasteiger partial charge in [0, 0.05) is 24.5 Å². The second-order valence-corrected chi connectivity index (χ2v) is 6.14. The van der Waals surface area contributed by atoms with Crippen LogP contribution in [0.25, 0.3) is 0 Å². The van der Waals surface area contributed by atoms with Crippen LogP contribution < -0.4 is 10.6 Å². The fourth-order valence-electron chi connectivity index (χ4n) is 3.81. The summed E-state index contributed by atoms with van der Waals surface area (Å²) in [6.45, 7) is 4.59. The quantitative estimate of drug-likeness (QED) is 0.765. The Morgan fingerprint density at radius 2 is 1.83 bits per heavy atom. The second-order valence-electron chi connectivity index (χ2n) is 6.14. The summed E-state index contributed by atoms with van der Waals surface area (Å²) in [6.07, 6.45) is 7.17. The van der Waals surface area contributed by atoms with Crippen LogP contribution in [0.4, 0.5) is 11.4 Å². The molecule has 0 aromatic heterocycles. The predicted octanol–water partition coefficient (Wildman–Crippen LogP) is 3.59. The Morgan fingerprint density at radius 1 is 1.06 bits per heavy atom. The first-order valence-electron chi connectivity index (χ1n) is 7.34. The third kappa shape index (κ3) is 2.33. The van der Waals surface area contributed by atoms with Crippen LogP contribution in [0.5, 0.6) is 0 Å². The fraction of sp³-hybridized carbons (Fsp3) is 0.625. The van der Waals surface area contributed by atoms with Crippen LogP contribution in [0, 0.1) is 18.8 Å². The molecule has 1 heterocycles. The van der Waals surface area contributed by atoms with Gasteiger partial charge < -0.3 is 10.6 Å². The van der Waals surface area contributed by atoms with E-state index in [-0.39, 0.29) is 0 Å². The maximum absolute atomic E-state index is 5.97. The molecule has 2 unspecified atom stereocenters. The summed E-state index contributed by atoms with van der Waals surface area (Å²) in [7, 11) is 0. The van der Waals surface area contributed by atoms with E-state index in [4.69, 9.17) is 5.73 Å². The topological polar surface area (TPSA) is 29.3 Å². The lowest BCUT2D eigenvalue weighted by atomic mass is 9.75. The van der Waals surface area contributed by atoms with Crippen LogP contribution in [0.15, 0.2) is 18.2 Å². The molecule has 0 bridgehead atoms. The number of aryl methyl sites for hydroxylation is 1. The van der Waals surface area contributed by atoms with Crippen molar-refractivity contribution in [3.05, 3.63) is 23.8 Å². The predicted molar refractivity (Wildman–Crippen MR) is 77.9 cm³/mol. The maximum Gasteiger partial charge on any atom is 0.0389 e. The SMILES string of the molecule is Cc1cc(N)cc(N2CCC3CCCCC3C2)c1. The first-order chi connectivity index (χ1) is 8.72. The van der Waals surface area contributed by atoms with E-state index in [1.807, 2.05) is 0 Å². The number of hydrogen-bond donors (Lipinski definition) is 1. The lowest BCUT2D eigenvalue weighted by Crippen LogP contribution is -2.41. The molecule has 0 amide bonds. The molecule has 1 aliphatic heterocycles. The molecule has 1 aromatic rings. The lowest BCUT2D eigenvalue weighted by molar-refractivity contribution is 0.202. The summed E-state index contributed by atoms with van der Waals surface area (Å²) in [6, 6.07) is 6.46. The van der Waals surface area contributed by atoms with E-state index in [1.54, 1.807) is 0 Å². The highest BCUT2D eigenvalue weighted by atomic mass is 15.1. The van der Waals surface area contributed by atoms with E-state index in [0.717, 1.165) is 17.5 Å². The molecular formula is C16H24N2. The molecule has 1 saturated carbocycles. The zero-order chi connectivity index (χ0) is 12.5. The molecule has 1 aliphatic carbocycles. The van der Waals surface area contributed by atoms with E-state index >= 15 is 0 Å². The molecule has 1 saturated heterocycles. The molecule has 2 heteroatoms. The minimum atomic E-state index is 0.899. The summed E-state index contributed by atoms with van der Waals surface area (Å²) >= 11 is 0. The van der Waals surface area contributed by atoms with Crippen LogP contribution in [0.2, 0.25) is 0 Å². The van der Waals surface area contributed by atoms with Crippen molar-refractivity contribution in [3.63, 3.8) is 0 Å². The zero-order valence-electron chi connectivity index (χ0n) is 11.4. The van der Waals surface area contributed by atoms with Gasteiger partial charge in [0.1, 0.15) is 0 Å². The summed E-state index contributed by atoms with van der Waals surface area (Å²) in [5.74, 6) is 1.92. The third-order valence-electron chi connectivity index (χ3n) is 4.74. The van der Waals surface area contributed by atoms with Gasteiger partial charge in [0.2, 0.25) is 0 Å². The number of fused-ring (bicyclic) bond motifs is 1. The first-order valence-corrected chi connectivity index (χ1v) is 7.34. The lowest BCUT2D eigenvalue weighted by Gasteiger charge is -2.42. The molecule has 98 valence electrons. The minimum Gasteiger partial charge on any atom is -0.399 e. The maximum atomic E-state index is 5.97. The average Bonchev–Trinajstić information content (AvgIpc) is 2.37. The zero-order valence-corrected chi connectivity index (χ0v) is 11.4. The minimum absolute atomic E-state index is 0.899. The van der Waals surface area contributed by atoms with Gasteiger partial charge in [0.05, 0.1) is 0 Å². The summed E-state index contributed by atoms with van der Waals surface area (Å²) in [5.41, 5.74) is 9.47. The number of benzene rings is 1. The monoisotopic (exact) mass is 244 g/mol. The number of nitrogens with zero attached hydrogens (tertiary/aromatic N) is 1. The highest BCUT2D eigenvalue weighted by Crippen LogP contribution is 2.37. The van der Waals surface area contributed by atoms with Gasteiger partial charge >= 0.3 is 0 Å². The van der Waals surface area contributed by atoms with E-state index < -0.39 is 0 Å². The van der Waals surface area contributed by atoms with E-state index in [1.165, 1.54) is 56.4 Å². The van der Waals surface area contributed by atoms with Gasteiger partial charge in [-0.2, -0.15) is 0 Å². The summed E-state index contributed by atoms with van der Waals surface area (Å²) in [4.78, 5) is 2.55. The summed E-state index contributed by atoms with van der Waals surface area (Å²) < 4.78 is 0. The van der Waals surface area contributed by atoms with Crippen molar-refractivity contribution in [1.29, 1.82) is 0 Å². The number of anilines is 2. The third-order valence-corrected chi connectivity index (χ3v) is 4.74. The van der Waals surface area contributed by atoms with Crippen molar-refractivity contribution < 1.29 is 0 Å². The molecule has 2 nitrogen and oxygen atoms in total. The second kappa shape index (κ2) is 4.83. The molecule has 18 heavy (non-hydrogen) atoms. The number of hydrogen-bond acceptors (Lipinski definition) is 2. The van der Waals surface area contributed by atoms with Crippen molar-refractivity contribution in [2.24, 2.45) is 11.8 Å². The number of piperidine rings is 1. The molecule has 0 spiro atoms. The molecule has 3 rings (SSSR count). The molecule has 2 aliphatic rings. The van der Waals surface area contributed by atoms with Gasteiger partial charge in [-0.1, -0.05) is 19.3 Å². The van der Waals surface area contributed by atoms with Crippen LogP contribution in [-0.4, -0.2) is 13.1 Å². The van der Waals surface area contributed by atoms with Crippen molar-refractivity contribution >= 4 is 11.4 Å². The molecule has 2 atom stereocenters. The number of nitrogens with two attached hydrogens (primary N) is 1. The van der Waals surface area contributed by atoms with Crippen LogP contribution >= 0.6 is 0 Å². The van der Waals surface area contributed by atoms with Crippen molar-refractivity contribution in [3.8, 4) is 0 Å². The Morgan fingerprint density at radius 3 is 2.61 bits per heavy atom. The van der Waals surface area contributed by atoms with Gasteiger partial charge in [-0.15, -0.1) is 0 Å². The Labute approximate surface area is 110 Å². The van der Waals surface area contributed by atoms with E-state index in [0.29, 0.717) is 0 Å². The Kier molecular flexibility index (Phi) is 3.19. The first kappa shape index (κ1) is 11.9. The normalized spacial score (nSPS) is 27.9. The molecular weight excluding hydrogens is 220 g/mol. The van der Waals surface area contributed by atoms with Gasteiger partial charge in [-0.25, -0.2) is 0 Å².